The zero-order chi connectivity index (χ0) is 21.2. The Morgan fingerprint density at radius 2 is 1.54 bits per heavy atom. The molecule has 1 atom stereocenters. The van der Waals surface area contributed by atoms with Crippen molar-refractivity contribution in [3.63, 3.8) is 0 Å². The molecule has 0 radical (unpaired) electrons. The second-order valence-electron chi connectivity index (χ2n) is 8.50. The van der Waals surface area contributed by atoms with Crippen molar-refractivity contribution >= 4 is 18.4 Å². The summed E-state index contributed by atoms with van der Waals surface area (Å²) in [6, 6.07) is 13.4. The van der Waals surface area contributed by atoms with Crippen LogP contribution in [0.2, 0.25) is 18.1 Å². The molecule has 2 aromatic carbocycles. The Morgan fingerprint density at radius 1 is 1.00 bits per heavy atom. The molecule has 1 unspecified atom stereocenters. The highest BCUT2D eigenvalue weighted by molar-refractivity contribution is 7.86. The van der Waals surface area contributed by atoms with Crippen molar-refractivity contribution in [1.29, 1.82) is 0 Å². The van der Waals surface area contributed by atoms with E-state index < -0.39 is 24.5 Å². The molecule has 0 spiro atoms. The highest BCUT2D eigenvalue weighted by Gasteiger charge is 2.38. The van der Waals surface area contributed by atoms with E-state index in [4.69, 9.17) is 8.61 Å². The highest BCUT2D eigenvalue weighted by Crippen LogP contribution is 2.37. The van der Waals surface area contributed by atoms with E-state index in [2.05, 4.69) is 33.9 Å². The molecule has 0 aliphatic rings. The van der Waals surface area contributed by atoms with Crippen LogP contribution < -0.4 is 4.43 Å². The van der Waals surface area contributed by atoms with E-state index in [0.717, 1.165) is 11.3 Å². The van der Waals surface area contributed by atoms with Gasteiger partial charge in [0, 0.05) is 0 Å². The van der Waals surface area contributed by atoms with Crippen LogP contribution in [0.4, 0.5) is 0 Å². The second-order valence-corrected chi connectivity index (χ2v) is 14.8. The van der Waals surface area contributed by atoms with Gasteiger partial charge in [0.25, 0.3) is 10.1 Å². The molecule has 154 valence electrons. The molecule has 0 bridgehead atoms. The molecule has 0 saturated heterocycles. The smallest absolute Gasteiger partial charge is 0.297 e. The minimum atomic E-state index is -3.91. The number of aryl methyl sites for hydroxylation is 1. The average molecular weight is 423 g/mol. The molecule has 7 heteroatoms. The van der Waals surface area contributed by atoms with Gasteiger partial charge in [0.15, 0.2) is 0 Å². The molecular weight excluding hydrogens is 392 g/mol. The molecule has 0 aliphatic carbocycles. The number of hydrogen-bond donors (Lipinski definition) is 1. The van der Waals surface area contributed by atoms with Crippen LogP contribution in [0.5, 0.6) is 5.75 Å². The van der Waals surface area contributed by atoms with Gasteiger partial charge in [-0.15, -0.1) is 0 Å². The maximum absolute atomic E-state index is 12.2. The molecule has 0 heterocycles. The maximum atomic E-state index is 12.2. The van der Waals surface area contributed by atoms with Gasteiger partial charge in [0.1, 0.15) is 11.9 Å². The standard InChI is InChI=1S/C21H30O5SSi/c1-16-7-13-19(14-8-16)27(23,24)25-15-20(22)17-9-11-18(12-10-17)26-28(5,6)21(2,3)4/h7-14,20,22H,15H2,1-6H3. The van der Waals surface area contributed by atoms with Crippen molar-refractivity contribution < 1.29 is 22.1 Å². The number of rotatable bonds is 7. The number of aliphatic hydroxyl groups excluding tert-OH is 1. The lowest BCUT2D eigenvalue weighted by molar-refractivity contribution is 0.111. The van der Waals surface area contributed by atoms with Crippen molar-refractivity contribution in [3.05, 3.63) is 59.7 Å². The molecule has 2 rings (SSSR count). The van der Waals surface area contributed by atoms with Crippen molar-refractivity contribution in [2.75, 3.05) is 6.61 Å². The van der Waals surface area contributed by atoms with E-state index >= 15 is 0 Å². The van der Waals surface area contributed by atoms with Gasteiger partial charge in [-0.05, 0) is 54.9 Å². The average Bonchev–Trinajstić information content (AvgIpc) is 2.59. The quantitative estimate of drug-likeness (QED) is 0.512. The molecule has 0 aliphatic heterocycles. The zero-order valence-corrected chi connectivity index (χ0v) is 19.2. The van der Waals surface area contributed by atoms with Gasteiger partial charge in [-0.1, -0.05) is 50.6 Å². The molecule has 28 heavy (non-hydrogen) atoms. The van der Waals surface area contributed by atoms with Crippen LogP contribution in [0.25, 0.3) is 0 Å². The van der Waals surface area contributed by atoms with Crippen LogP contribution >= 0.6 is 0 Å². The zero-order valence-electron chi connectivity index (χ0n) is 17.4. The summed E-state index contributed by atoms with van der Waals surface area (Å²) in [5, 5.41) is 10.4. The third kappa shape index (κ3) is 5.67. The number of hydrogen-bond acceptors (Lipinski definition) is 5. The summed E-state index contributed by atoms with van der Waals surface area (Å²) in [6.07, 6.45) is -1.05. The van der Waals surface area contributed by atoms with Gasteiger partial charge in [-0.2, -0.15) is 8.42 Å². The lowest BCUT2D eigenvalue weighted by Gasteiger charge is -2.36. The minimum Gasteiger partial charge on any atom is -0.544 e. The summed E-state index contributed by atoms with van der Waals surface area (Å²) < 4.78 is 35.7. The van der Waals surface area contributed by atoms with Crippen LogP contribution in [-0.4, -0.2) is 28.4 Å². The van der Waals surface area contributed by atoms with E-state index in [1.165, 1.54) is 12.1 Å². The monoisotopic (exact) mass is 422 g/mol. The maximum Gasteiger partial charge on any atom is 0.297 e. The Morgan fingerprint density at radius 3 is 2.04 bits per heavy atom. The van der Waals surface area contributed by atoms with Crippen molar-refractivity contribution in [1.82, 2.24) is 0 Å². The molecule has 0 fully saturated rings. The van der Waals surface area contributed by atoms with Crippen molar-refractivity contribution in [3.8, 4) is 5.75 Å². The van der Waals surface area contributed by atoms with Gasteiger partial charge >= 0.3 is 0 Å². The van der Waals surface area contributed by atoms with Gasteiger partial charge in [0.2, 0.25) is 8.32 Å². The molecule has 5 nitrogen and oxygen atoms in total. The fourth-order valence-electron chi connectivity index (χ4n) is 2.23. The summed E-state index contributed by atoms with van der Waals surface area (Å²) in [6.45, 7) is 12.4. The Kier molecular flexibility index (Phi) is 6.76. The number of aliphatic hydroxyl groups is 1. The summed E-state index contributed by atoms with van der Waals surface area (Å²) in [5.74, 6) is 0.746. The first-order valence-corrected chi connectivity index (χ1v) is 13.6. The first-order chi connectivity index (χ1) is 12.8. The first kappa shape index (κ1) is 22.6. The van der Waals surface area contributed by atoms with E-state index in [9.17, 15) is 13.5 Å². The van der Waals surface area contributed by atoms with Crippen molar-refractivity contribution in [2.24, 2.45) is 0 Å². The first-order valence-electron chi connectivity index (χ1n) is 9.25. The normalized spacial score (nSPS) is 14.0. The minimum absolute atomic E-state index is 0.0726. The van der Waals surface area contributed by atoms with Gasteiger partial charge < -0.3 is 9.53 Å². The van der Waals surface area contributed by atoms with E-state index in [0.29, 0.717) is 5.56 Å². The summed E-state index contributed by atoms with van der Waals surface area (Å²) in [4.78, 5) is 0.0726. The predicted octanol–water partition coefficient (Wildman–Crippen LogP) is 4.82. The summed E-state index contributed by atoms with van der Waals surface area (Å²) >= 11 is 0. The van der Waals surface area contributed by atoms with Crippen LogP contribution in [0, 0.1) is 6.92 Å². The summed E-state index contributed by atoms with van der Waals surface area (Å²) in [7, 11) is -5.85. The highest BCUT2D eigenvalue weighted by atomic mass is 32.2. The third-order valence-corrected chi connectivity index (χ3v) is 10.8. The molecule has 0 aromatic heterocycles. The fraction of sp³-hybridized carbons (Fsp3) is 0.429. The molecule has 2 aromatic rings. The van der Waals surface area contributed by atoms with Crippen LogP contribution in [0.1, 0.15) is 38.0 Å². The van der Waals surface area contributed by atoms with Gasteiger partial charge in [0.05, 0.1) is 11.5 Å². The fourth-order valence-corrected chi connectivity index (χ4v) is 4.17. The largest absolute Gasteiger partial charge is 0.544 e. The van der Waals surface area contributed by atoms with Crippen molar-refractivity contribution in [2.45, 2.75) is 56.8 Å². The van der Waals surface area contributed by atoms with Gasteiger partial charge in [-0.3, -0.25) is 4.18 Å². The lowest BCUT2D eigenvalue weighted by atomic mass is 10.1. The molecule has 0 amide bonds. The lowest BCUT2D eigenvalue weighted by Crippen LogP contribution is -2.43. The van der Waals surface area contributed by atoms with E-state index in [-0.39, 0.29) is 16.5 Å². The van der Waals surface area contributed by atoms with Gasteiger partial charge in [-0.25, -0.2) is 0 Å². The van der Waals surface area contributed by atoms with Crippen LogP contribution in [0.15, 0.2) is 53.4 Å². The molecular formula is C21H30O5SSi. The second kappa shape index (κ2) is 8.37. The Hall–Kier alpha value is -1.67. The Bertz CT molecular complexity index is 882. The SMILES string of the molecule is Cc1ccc(S(=O)(=O)OCC(O)c2ccc(O[Si](C)(C)C(C)(C)C)cc2)cc1. The Labute approximate surface area is 169 Å². The molecule has 0 saturated carbocycles. The topological polar surface area (TPSA) is 72.8 Å². The number of benzene rings is 2. The van der Waals surface area contributed by atoms with Crippen LogP contribution in [0.3, 0.4) is 0 Å². The van der Waals surface area contributed by atoms with Crippen LogP contribution in [-0.2, 0) is 14.3 Å². The third-order valence-electron chi connectivity index (χ3n) is 5.13. The molecule has 1 N–H and O–H groups in total. The summed E-state index contributed by atoms with van der Waals surface area (Å²) in [5.41, 5.74) is 1.53. The predicted molar refractivity (Wildman–Crippen MR) is 114 cm³/mol. The Balaban J connectivity index is 2.01. The van der Waals surface area contributed by atoms with E-state index in [1.54, 1.807) is 36.4 Å². The van der Waals surface area contributed by atoms with E-state index in [1.807, 2.05) is 6.92 Å².